The number of carbonyl (C=O) groups is 3. The minimum absolute atomic E-state index is 0.159. The molecule has 3 fully saturated rings. The van der Waals surface area contributed by atoms with Crippen LogP contribution in [0.5, 0.6) is 5.75 Å². The summed E-state index contributed by atoms with van der Waals surface area (Å²) in [7, 11) is 1.49. The molecule has 1 spiro atoms. The molecule has 2 aromatic rings. The molecule has 4 heterocycles. The maximum Gasteiger partial charge on any atom is 0.250 e. The van der Waals surface area contributed by atoms with Gasteiger partial charge < -0.3 is 10.1 Å². The van der Waals surface area contributed by atoms with E-state index in [0.29, 0.717) is 23.0 Å². The molecule has 0 aromatic heterocycles. The highest BCUT2D eigenvalue weighted by Gasteiger charge is 2.74. The van der Waals surface area contributed by atoms with Gasteiger partial charge in [-0.05, 0) is 50.9 Å². The molecule has 4 aliphatic heterocycles. The number of hydrogen-bond acceptors (Lipinski definition) is 5. The fourth-order valence-corrected chi connectivity index (χ4v) is 6.69. The maximum absolute atomic E-state index is 14.1. The molecule has 0 radical (unpaired) electrons. The van der Waals surface area contributed by atoms with E-state index in [-0.39, 0.29) is 23.8 Å². The number of nitrogens with one attached hydrogen (secondary N) is 1. The Morgan fingerprint density at radius 3 is 2.67 bits per heavy atom. The highest BCUT2D eigenvalue weighted by molar-refractivity contribution is 6.32. The van der Waals surface area contributed by atoms with Crippen molar-refractivity contribution in [3.05, 3.63) is 52.0 Å². The standard InChI is InChI=1S/C25H24ClN3O4/c1-12-6-7-16-14(9-12)25(24(32)27-16)21-20(17-5-4-8-28(17)25)22(30)29(23(21)31)18-10-13(2)15(26)11-19(18)33-3/h6-7,9-11,17,20-21H,4-5,8H2,1-3H3,(H,27,32)/t17-,20-,21+,25-/m1/s1. The van der Waals surface area contributed by atoms with E-state index >= 15 is 0 Å². The summed E-state index contributed by atoms with van der Waals surface area (Å²) in [5.41, 5.74) is 2.47. The van der Waals surface area contributed by atoms with E-state index in [0.717, 1.165) is 35.2 Å². The molecule has 7 nitrogen and oxygen atoms in total. The number of benzene rings is 2. The van der Waals surface area contributed by atoms with Crippen molar-refractivity contribution < 1.29 is 19.1 Å². The Bertz CT molecular complexity index is 1260. The molecular weight excluding hydrogens is 442 g/mol. The van der Waals surface area contributed by atoms with Crippen molar-refractivity contribution in [2.75, 3.05) is 23.9 Å². The van der Waals surface area contributed by atoms with Crippen molar-refractivity contribution in [3.8, 4) is 5.75 Å². The van der Waals surface area contributed by atoms with Crippen LogP contribution in [-0.4, -0.2) is 42.3 Å². The third-order valence-corrected chi connectivity index (χ3v) is 8.26. The Hall–Kier alpha value is -2.90. The number of nitrogens with zero attached hydrogens (tertiary/aromatic N) is 2. The normalized spacial score (nSPS) is 30.1. The fourth-order valence-electron chi connectivity index (χ4n) is 6.54. The Morgan fingerprint density at radius 1 is 1.12 bits per heavy atom. The number of aryl methyl sites for hydroxylation is 2. The molecule has 6 rings (SSSR count). The van der Waals surface area contributed by atoms with E-state index in [1.165, 1.54) is 12.0 Å². The van der Waals surface area contributed by atoms with Gasteiger partial charge in [0.05, 0.1) is 24.6 Å². The predicted molar refractivity (Wildman–Crippen MR) is 123 cm³/mol. The van der Waals surface area contributed by atoms with Crippen LogP contribution in [0.4, 0.5) is 11.4 Å². The Balaban J connectivity index is 1.56. The van der Waals surface area contributed by atoms with E-state index in [2.05, 4.69) is 10.2 Å². The van der Waals surface area contributed by atoms with E-state index < -0.39 is 17.4 Å². The average molecular weight is 466 g/mol. The summed E-state index contributed by atoms with van der Waals surface area (Å²) in [4.78, 5) is 45.0. The first-order chi connectivity index (χ1) is 15.8. The number of anilines is 2. The van der Waals surface area contributed by atoms with Crippen LogP contribution in [0, 0.1) is 25.7 Å². The van der Waals surface area contributed by atoms with Crippen molar-refractivity contribution in [1.82, 2.24) is 4.90 Å². The Morgan fingerprint density at radius 2 is 1.91 bits per heavy atom. The van der Waals surface area contributed by atoms with Crippen LogP contribution in [-0.2, 0) is 19.9 Å². The molecule has 0 aliphatic carbocycles. The monoisotopic (exact) mass is 465 g/mol. The smallest absolute Gasteiger partial charge is 0.250 e. The second kappa shape index (κ2) is 6.81. The van der Waals surface area contributed by atoms with Gasteiger partial charge in [0.25, 0.3) is 0 Å². The summed E-state index contributed by atoms with van der Waals surface area (Å²) < 4.78 is 5.49. The van der Waals surface area contributed by atoms with Crippen molar-refractivity contribution in [1.29, 1.82) is 0 Å². The number of methoxy groups -OCH3 is 1. The first-order valence-corrected chi connectivity index (χ1v) is 11.6. The van der Waals surface area contributed by atoms with Crippen molar-refractivity contribution in [2.45, 2.75) is 38.3 Å². The molecule has 0 unspecified atom stereocenters. The largest absolute Gasteiger partial charge is 0.495 e. The quantitative estimate of drug-likeness (QED) is 0.688. The Labute approximate surface area is 196 Å². The molecule has 170 valence electrons. The van der Waals surface area contributed by atoms with Crippen LogP contribution >= 0.6 is 11.6 Å². The second-order valence-electron chi connectivity index (χ2n) is 9.46. The molecule has 0 saturated carbocycles. The average Bonchev–Trinajstić information content (AvgIpc) is 3.48. The van der Waals surface area contributed by atoms with Crippen molar-refractivity contribution >= 4 is 40.7 Å². The SMILES string of the molecule is COc1cc(Cl)c(C)cc1N1C(=O)[C@@H]2[C@H]3CCCN3[C@@]3(C(=O)Nc4ccc(C)cc43)[C@@H]2C1=O. The molecule has 2 aromatic carbocycles. The van der Waals surface area contributed by atoms with Crippen LogP contribution in [0.1, 0.15) is 29.5 Å². The van der Waals surface area contributed by atoms with Gasteiger partial charge in [-0.15, -0.1) is 0 Å². The van der Waals surface area contributed by atoms with Crippen molar-refractivity contribution in [3.63, 3.8) is 0 Å². The zero-order chi connectivity index (χ0) is 23.2. The molecular formula is C25H24ClN3O4. The third kappa shape index (κ3) is 2.41. The summed E-state index contributed by atoms with van der Waals surface area (Å²) in [6, 6.07) is 9.00. The minimum atomic E-state index is -1.18. The minimum Gasteiger partial charge on any atom is -0.495 e. The summed E-state index contributed by atoms with van der Waals surface area (Å²) in [6.07, 6.45) is 1.66. The van der Waals surface area contributed by atoms with Crippen molar-refractivity contribution in [2.24, 2.45) is 11.8 Å². The highest BCUT2D eigenvalue weighted by Crippen LogP contribution is 2.61. The zero-order valence-electron chi connectivity index (χ0n) is 18.6. The van der Waals surface area contributed by atoms with E-state index in [1.807, 2.05) is 32.0 Å². The second-order valence-corrected chi connectivity index (χ2v) is 9.87. The van der Waals surface area contributed by atoms with E-state index in [4.69, 9.17) is 16.3 Å². The summed E-state index contributed by atoms with van der Waals surface area (Å²) in [6.45, 7) is 4.48. The summed E-state index contributed by atoms with van der Waals surface area (Å²) in [5.74, 6) is -1.87. The van der Waals surface area contributed by atoms with Gasteiger partial charge in [0.15, 0.2) is 0 Å². The summed E-state index contributed by atoms with van der Waals surface area (Å²) >= 11 is 6.27. The van der Waals surface area contributed by atoms with Gasteiger partial charge in [-0.3, -0.25) is 19.3 Å². The number of ether oxygens (including phenoxy) is 1. The van der Waals surface area contributed by atoms with Gasteiger partial charge in [-0.1, -0.05) is 29.3 Å². The van der Waals surface area contributed by atoms with Gasteiger partial charge in [-0.25, -0.2) is 4.90 Å². The van der Waals surface area contributed by atoms with Gasteiger partial charge in [0.2, 0.25) is 17.7 Å². The molecule has 1 N–H and O–H groups in total. The summed E-state index contributed by atoms with van der Waals surface area (Å²) in [5, 5.41) is 3.50. The molecule has 33 heavy (non-hydrogen) atoms. The lowest BCUT2D eigenvalue weighted by atomic mass is 9.75. The fraction of sp³-hybridized carbons (Fsp3) is 0.400. The zero-order valence-corrected chi connectivity index (χ0v) is 19.4. The van der Waals surface area contributed by atoms with Crippen LogP contribution in [0.15, 0.2) is 30.3 Å². The third-order valence-electron chi connectivity index (χ3n) is 7.85. The molecule has 4 atom stereocenters. The van der Waals surface area contributed by atoms with Crippen LogP contribution in [0.3, 0.4) is 0 Å². The lowest BCUT2D eigenvalue weighted by Gasteiger charge is -2.36. The van der Waals surface area contributed by atoms with Crippen LogP contribution in [0.25, 0.3) is 0 Å². The predicted octanol–water partition coefficient (Wildman–Crippen LogP) is 3.40. The lowest BCUT2D eigenvalue weighted by molar-refractivity contribution is -0.135. The van der Waals surface area contributed by atoms with Crippen LogP contribution < -0.4 is 15.0 Å². The number of rotatable bonds is 2. The number of hydrogen-bond donors (Lipinski definition) is 1. The Kier molecular flexibility index (Phi) is 4.27. The van der Waals surface area contributed by atoms with Gasteiger partial charge in [0, 0.05) is 28.4 Å². The van der Waals surface area contributed by atoms with E-state index in [1.54, 1.807) is 12.1 Å². The first kappa shape index (κ1) is 20.7. The number of amides is 3. The van der Waals surface area contributed by atoms with Gasteiger partial charge in [-0.2, -0.15) is 0 Å². The van der Waals surface area contributed by atoms with Gasteiger partial charge >= 0.3 is 0 Å². The lowest BCUT2D eigenvalue weighted by Crippen LogP contribution is -2.54. The molecule has 0 bridgehead atoms. The number of carbonyl (C=O) groups excluding carboxylic acids is 3. The highest BCUT2D eigenvalue weighted by atomic mass is 35.5. The molecule has 4 aliphatic rings. The van der Waals surface area contributed by atoms with Crippen LogP contribution in [0.2, 0.25) is 5.02 Å². The maximum atomic E-state index is 14.1. The number of halogens is 1. The molecule has 3 saturated heterocycles. The molecule has 3 amide bonds. The first-order valence-electron chi connectivity index (χ1n) is 11.2. The number of fused-ring (bicyclic) bond motifs is 7. The molecule has 8 heteroatoms. The van der Waals surface area contributed by atoms with E-state index in [9.17, 15) is 14.4 Å². The van der Waals surface area contributed by atoms with Gasteiger partial charge in [0.1, 0.15) is 11.3 Å². The number of imide groups is 1. The topological polar surface area (TPSA) is 79.0 Å².